The van der Waals surface area contributed by atoms with Crippen LogP contribution in [-0.4, -0.2) is 4.98 Å². The first-order valence-corrected chi connectivity index (χ1v) is 9.08. The van der Waals surface area contributed by atoms with E-state index in [1.54, 1.807) is 12.1 Å². The van der Waals surface area contributed by atoms with Gasteiger partial charge in [-0.15, -0.1) is 0 Å². The highest BCUT2D eigenvalue weighted by atomic mass is 35.5. The normalized spacial score (nSPS) is 13.8. The maximum Gasteiger partial charge on any atom is 0.0722 e. The van der Waals surface area contributed by atoms with Crippen molar-refractivity contribution in [1.29, 1.82) is 0 Å². The number of aryl methyl sites for hydroxylation is 1. The zero-order valence-corrected chi connectivity index (χ0v) is 15.1. The third-order valence-corrected chi connectivity index (χ3v) is 5.57. The van der Waals surface area contributed by atoms with E-state index in [9.17, 15) is 0 Å². The number of fused-ring (bicyclic) bond motifs is 2. The molecule has 1 aromatic heterocycles. The summed E-state index contributed by atoms with van der Waals surface area (Å²) in [6, 6.07) is 11.5. The van der Waals surface area contributed by atoms with Gasteiger partial charge in [-0.05, 0) is 67.6 Å². The van der Waals surface area contributed by atoms with E-state index in [0.29, 0.717) is 10.0 Å². The summed E-state index contributed by atoms with van der Waals surface area (Å²) < 4.78 is 0. The Hall–Kier alpha value is -1.48. The molecule has 0 aliphatic heterocycles. The quantitative estimate of drug-likeness (QED) is 0.530. The molecular formula is C19H15Cl3N2. The van der Waals surface area contributed by atoms with Crippen molar-refractivity contribution < 1.29 is 0 Å². The number of pyridine rings is 1. The van der Waals surface area contributed by atoms with Crippen LogP contribution in [0, 0.1) is 0 Å². The molecule has 0 saturated heterocycles. The first kappa shape index (κ1) is 16.0. The Kier molecular flexibility index (Phi) is 4.29. The summed E-state index contributed by atoms with van der Waals surface area (Å²) in [5.41, 5.74) is 5.14. The number of halogens is 3. The van der Waals surface area contributed by atoms with E-state index in [1.165, 1.54) is 18.4 Å². The van der Waals surface area contributed by atoms with Gasteiger partial charge in [0.15, 0.2) is 0 Å². The number of hydrogen-bond acceptors (Lipinski definition) is 2. The van der Waals surface area contributed by atoms with Crippen LogP contribution in [0.1, 0.15) is 24.1 Å². The standard InChI is InChI=1S/C19H15Cl3N2/c20-15-7-5-12(10-16(15)21)23-11-6-8-18-14(9-11)19(22)13-3-1-2-4-17(13)24-18/h5-10,23H,1-4H2. The molecule has 2 aromatic carbocycles. The van der Waals surface area contributed by atoms with Gasteiger partial charge in [0.2, 0.25) is 0 Å². The van der Waals surface area contributed by atoms with Gasteiger partial charge in [0, 0.05) is 22.5 Å². The lowest BCUT2D eigenvalue weighted by atomic mass is 9.94. The predicted octanol–water partition coefficient (Wildman–Crippen LogP) is 6.82. The van der Waals surface area contributed by atoms with Crippen molar-refractivity contribution in [3.8, 4) is 0 Å². The van der Waals surface area contributed by atoms with E-state index >= 15 is 0 Å². The Morgan fingerprint density at radius 3 is 2.42 bits per heavy atom. The average Bonchev–Trinajstić information content (AvgIpc) is 2.59. The van der Waals surface area contributed by atoms with E-state index in [0.717, 1.165) is 45.8 Å². The van der Waals surface area contributed by atoms with Crippen molar-refractivity contribution in [2.45, 2.75) is 25.7 Å². The summed E-state index contributed by atoms with van der Waals surface area (Å²) in [4.78, 5) is 4.80. The first-order valence-electron chi connectivity index (χ1n) is 7.95. The van der Waals surface area contributed by atoms with Gasteiger partial charge in [0.1, 0.15) is 0 Å². The molecule has 0 bridgehead atoms. The van der Waals surface area contributed by atoms with Crippen molar-refractivity contribution in [3.63, 3.8) is 0 Å². The number of benzene rings is 2. The Labute approximate surface area is 155 Å². The second-order valence-corrected chi connectivity index (χ2v) is 7.24. The Morgan fingerprint density at radius 1 is 0.833 bits per heavy atom. The molecule has 5 heteroatoms. The second kappa shape index (κ2) is 6.44. The molecule has 122 valence electrons. The minimum Gasteiger partial charge on any atom is -0.355 e. The summed E-state index contributed by atoms with van der Waals surface area (Å²) in [6.07, 6.45) is 4.41. The van der Waals surface area contributed by atoms with Gasteiger partial charge in [-0.2, -0.15) is 0 Å². The molecule has 0 fully saturated rings. The highest BCUT2D eigenvalue weighted by molar-refractivity contribution is 6.42. The van der Waals surface area contributed by atoms with Crippen LogP contribution in [0.15, 0.2) is 36.4 Å². The largest absolute Gasteiger partial charge is 0.355 e. The number of hydrogen-bond donors (Lipinski definition) is 1. The minimum atomic E-state index is 0.524. The molecule has 0 atom stereocenters. The molecule has 1 heterocycles. The fourth-order valence-corrected chi connectivity index (χ4v) is 3.84. The van der Waals surface area contributed by atoms with Crippen LogP contribution in [0.25, 0.3) is 10.9 Å². The van der Waals surface area contributed by atoms with Crippen LogP contribution in [0.2, 0.25) is 15.1 Å². The highest BCUT2D eigenvalue weighted by Gasteiger charge is 2.17. The smallest absolute Gasteiger partial charge is 0.0722 e. The first-order chi connectivity index (χ1) is 11.6. The molecule has 1 aliphatic rings. The summed E-state index contributed by atoms with van der Waals surface area (Å²) in [6.45, 7) is 0. The van der Waals surface area contributed by atoms with E-state index < -0.39 is 0 Å². The van der Waals surface area contributed by atoms with Crippen molar-refractivity contribution in [2.24, 2.45) is 0 Å². The highest BCUT2D eigenvalue weighted by Crippen LogP contribution is 2.35. The fraction of sp³-hybridized carbons (Fsp3) is 0.211. The van der Waals surface area contributed by atoms with Crippen LogP contribution < -0.4 is 5.32 Å². The molecule has 0 radical (unpaired) electrons. The third-order valence-electron chi connectivity index (χ3n) is 4.40. The number of aromatic nitrogens is 1. The molecule has 0 saturated carbocycles. The minimum absolute atomic E-state index is 0.524. The molecule has 24 heavy (non-hydrogen) atoms. The van der Waals surface area contributed by atoms with Crippen molar-refractivity contribution in [3.05, 3.63) is 62.7 Å². The summed E-state index contributed by atoms with van der Waals surface area (Å²) >= 11 is 18.7. The SMILES string of the molecule is Clc1ccc(Nc2ccc3nc4c(c(Cl)c3c2)CCCC4)cc1Cl. The van der Waals surface area contributed by atoms with E-state index in [-0.39, 0.29) is 0 Å². The van der Waals surface area contributed by atoms with Crippen LogP contribution in [0.5, 0.6) is 0 Å². The van der Waals surface area contributed by atoms with Gasteiger partial charge in [0.05, 0.1) is 20.6 Å². The lowest BCUT2D eigenvalue weighted by molar-refractivity contribution is 0.671. The molecule has 0 unspecified atom stereocenters. The third kappa shape index (κ3) is 2.95. The van der Waals surface area contributed by atoms with E-state index in [1.807, 2.05) is 24.3 Å². The molecule has 0 spiro atoms. The lowest BCUT2D eigenvalue weighted by Crippen LogP contribution is -2.06. The van der Waals surface area contributed by atoms with Gasteiger partial charge < -0.3 is 5.32 Å². The lowest BCUT2D eigenvalue weighted by Gasteiger charge is -2.18. The van der Waals surface area contributed by atoms with Gasteiger partial charge in [-0.1, -0.05) is 34.8 Å². The molecule has 1 aliphatic carbocycles. The summed E-state index contributed by atoms with van der Waals surface area (Å²) in [5, 5.41) is 6.24. The Morgan fingerprint density at radius 2 is 1.58 bits per heavy atom. The second-order valence-electron chi connectivity index (χ2n) is 6.04. The molecular weight excluding hydrogens is 363 g/mol. The maximum absolute atomic E-state index is 6.67. The molecule has 2 nitrogen and oxygen atoms in total. The summed E-state index contributed by atoms with van der Waals surface area (Å²) in [5.74, 6) is 0. The maximum atomic E-state index is 6.67. The van der Waals surface area contributed by atoms with Gasteiger partial charge in [0.25, 0.3) is 0 Å². The van der Waals surface area contributed by atoms with Crippen LogP contribution >= 0.6 is 34.8 Å². The van der Waals surface area contributed by atoms with Gasteiger partial charge >= 0.3 is 0 Å². The summed E-state index contributed by atoms with van der Waals surface area (Å²) in [7, 11) is 0. The van der Waals surface area contributed by atoms with E-state index in [4.69, 9.17) is 39.8 Å². The van der Waals surface area contributed by atoms with Crippen LogP contribution in [0.3, 0.4) is 0 Å². The molecule has 1 N–H and O–H groups in total. The average molecular weight is 378 g/mol. The van der Waals surface area contributed by atoms with Crippen molar-refractivity contribution in [2.75, 3.05) is 5.32 Å². The molecule has 4 rings (SSSR count). The number of rotatable bonds is 2. The van der Waals surface area contributed by atoms with E-state index in [2.05, 4.69) is 5.32 Å². The van der Waals surface area contributed by atoms with Crippen LogP contribution in [0.4, 0.5) is 11.4 Å². The topological polar surface area (TPSA) is 24.9 Å². The number of nitrogens with one attached hydrogen (secondary N) is 1. The van der Waals surface area contributed by atoms with Crippen LogP contribution in [-0.2, 0) is 12.8 Å². The predicted molar refractivity (Wildman–Crippen MR) is 103 cm³/mol. The number of anilines is 2. The van der Waals surface area contributed by atoms with Crippen molar-refractivity contribution in [1.82, 2.24) is 4.98 Å². The van der Waals surface area contributed by atoms with Crippen molar-refractivity contribution >= 4 is 57.1 Å². The molecule has 3 aromatic rings. The Bertz CT molecular complexity index is 938. The molecule has 0 amide bonds. The zero-order chi connectivity index (χ0) is 16.7. The fourth-order valence-electron chi connectivity index (χ4n) is 3.18. The zero-order valence-electron chi connectivity index (χ0n) is 12.9. The monoisotopic (exact) mass is 376 g/mol. The van der Waals surface area contributed by atoms with Gasteiger partial charge in [-0.25, -0.2) is 0 Å². The Balaban J connectivity index is 1.74. The van der Waals surface area contributed by atoms with Gasteiger partial charge in [-0.3, -0.25) is 4.98 Å². The number of nitrogens with zero attached hydrogens (tertiary/aromatic N) is 1.